The summed E-state index contributed by atoms with van der Waals surface area (Å²) in [7, 11) is 3.10. The van der Waals surface area contributed by atoms with E-state index >= 15 is 0 Å². The lowest BCUT2D eigenvalue weighted by Gasteiger charge is -2.17. The van der Waals surface area contributed by atoms with E-state index in [1.165, 1.54) is 23.9 Å². The number of ether oxygens (including phenoxy) is 3. The van der Waals surface area contributed by atoms with Gasteiger partial charge >= 0.3 is 0 Å². The summed E-state index contributed by atoms with van der Waals surface area (Å²) in [5.74, 6) is 1.22. The van der Waals surface area contributed by atoms with Gasteiger partial charge in [-0.15, -0.1) is 10.2 Å². The van der Waals surface area contributed by atoms with Crippen LogP contribution in [0, 0.1) is 5.82 Å². The fraction of sp³-hybridized carbons (Fsp3) is 0.375. The van der Waals surface area contributed by atoms with E-state index in [4.69, 9.17) is 14.2 Å². The summed E-state index contributed by atoms with van der Waals surface area (Å²) in [5, 5.41) is 11.7. The first-order valence-electron chi connectivity index (χ1n) is 11.0. The van der Waals surface area contributed by atoms with E-state index in [0.717, 1.165) is 25.0 Å². The Hall–Kier alpha value is -3.11. The molecule has 2 atom stereocenters. The molecule has 180 valence electrons. The Morgan fingerprint density at radius 2 is 1.97 bits per heavy atom. The molecule has 2 unspecified atom stereocenters. The number of nitrogens with zero attached hydrogens (tertiary/aromatic N) is 3. The van der Waals surface area contributed by atoms with E-state index in [0.29, 0.717) is 34.7 Å². The summed E-state index contributed by atoms with van der Waals surface area (Å²) in [6.45, 7) is 3.10. The van der Waals surface area contributed by atoms with Crippen LogP contribution >= 0.6 is 11.8 Å². The third-order valence-corrected chi connectivity index (χ3v) is 6.61. The molecule has 10 heteroatoms. The molecule has 1 aliphatic rings. The van der Waals surface area contributed by atoms with Gasteiger partial charge in [-0.2, -0.15) is 0 Å². The number of benzene rings is 2. The van der Waals surface area contributed by atoms with Gasteiger partial charge in [-0.3, -0.25) is 9.36 Å². The molecule has 0 saturated carbocycles. The van der Waals surface area contributed by atoms with E-state index in [2.05, 4.69) is 15.5 Å². The second kappa shape index (κ2) is 10.9. The number of rotatable bonds is 9. The van der Waals surface area contributed by atoms with Crippen molar-refractivity contribution in [2.45, 2.75) is 42.8 Å². The Kier molecular flexibility index (Phi) is 7.69. The molecule has 0 radical (unpaired) electrons. The van der Waals surface area contributed by atoms with Crippen LogP contribution in [0.5, 0.6) is 11.5 Å². The average molecular weight is 487 g/mol. The number of carbonyl (C=O) groups excluding carboxylic acids is 1. The molecule has 1 saturated heterocycles. The molecule has 1 aromatic heterocycles. The van der Waals surface area contributed by atoms with Gasteiger partial charge in [0.25, 0.3) is 0 Å². The number of anilines is 1. The lowest BCUT2D eigenvalue weighted by molar-refractivity contribution is -0.115. The minimum absolute atomic E-state index is 0.0467. The predicted octanol–water partition coefficient (Wildman–Crippen LogP) is 4.40. The smallest absolute Gasteiger partial charge is 0.237 e. The van der Waals surface area contributed by atoms with Crippen molar-refractivity contribution in [2.24, 2.45) is 0 Å². The zero-order chi connectivity index (χ0) is 24.1. The van der Waals surface area contributed by atoms with Gasteiger partial charge in [0, 0.05) is 23.9 Å². The van der Waals surface area contributed by atoms with Crippen molar-refractivity contribution in [2.75, 3.05) is 26.1 Å². The van der Waals surface area contributed by atoms with Crippen LogP contribution in [0.4, 0.5) is 10.1 Å². The normalized spacial score (nSPS) is 16.3. The zero-order valence-corrected chi connectivity index (χ0v) is 20.1. The van der Waals surface area contributed by atoms with E-state index in [9.17, 15) is 9.18 Å². The van der Waals surface area contributed by atoms with Gasteiger partial charge in [0.1, 0.15) is 5.82 Å². The third-order valence-electron chi connectivity index (χ3n) is 5.53. The van der Waals surface area contributed by atoms with E-state index < -0.39 is 5.25 Å². The molecule has 1 fully saturated rings. The number of thioether (sulfide) groups is 1. The van der Waals surface area contributed by atoms with Crippen LogP contribution in [0.15, 0.2) is 47.6 Å². The molecular formula is C24H27FN4O4S. The number of amides is 1. The monoisotopic (exact) mass is 486 g/mol. The fourth-order valence-electron chi connectivity index (χ4n) is 3.71. The largest absolute Gasteiger partial charge is 0.493 e. The Morgan fingerprint density at radius 1 is 1.21 bits per heavy atom. The number of nitrogens with one attached hydrogen (secondary N) is 1. The first-order valence-corrected chi connectivity index (χ1v) is 11.9. The van der Waals surface area contributed by atoms with Gasteiger partial charge in [-0.25, -0.2) is 4.39 Å². The second-order valence-electron chi connectivity index (χ2n) is 7.88. The molecule has 0 spiro atoms. The van der Waals surface area contributed by atoms with Crippen LogP contribution in [0.1, 0.15) is 19.8 Å². The Morgan fingerprint density at radius 3 is 2.65 bits per heavy atom. The van der Waals surface area contributed by atoms with Crippen molar-refractivity contribution in [3.8, 4) is 22.9 Å². The summed E-state index contributed by atoms with van der Waals surface area (Å²) < 4.78 is 31.8. The minimum atomic E-state index is -0.457. The maximum atomic E-state index is 13.4. The molecule has 4 rings (SSSR count). The topological polar surface area (TPSA) is 87.5 Å². The Bertz CT molecular complexity index is 1130. The van der Waals surface area contributed by atoms with Gasteiger partial charge in [0.05, 0.1) is 32.1 Å². The fourth-order valence-corrected chi connectivity index (χ4v) is 4.57. The average Bonchev–Trinajstić information content (AvgIpc) is 3.50. The van der Waals surface area contributed by atoms with E-state index in [-0.39, 0.29) is 17.8 Å². The highest BCUT2D eigenvalue weighted by Crippen LogP contribution is 2.32. The molecule has 8 nitrogen and oxygen atoms in total. The number of hydrogen-bond acceptors (Lipinski definition) is 7. The van der Waals surface area contributed by atoms with Crippen LogP contribution in [0.2, 0.25) is 0 Å². The van der Waals surface area contributed by atoms with Gasteiger partial charge in [0.2, 0.25) is 5.91 Å². The SMILES string of the molecule is COc1ccc(NC(=O)C(C)Sc2nnc(-c3ccc(F)cc3)n2CC2CCCO2)cc1OC. The molecule has 34 heavy (non-hydrogen) atoms. The summed E-state index contributed by atoms with van der Waals surface area (Å²) in [6.07, 6.45) is 2.00. The number of methoxy groups -OCH3 is 2. The van der Waals surface area contributed by atoms with Crippen LogP contribution in [0.3, 0.4) is 0 Å². The highest BCUT2D eigenvalue weighted by atomic mass is 32.2. The van der Waals surface area contributed by atoms with Crippen molar-refractivity contribution in [3.05, 3.63) is 48.3 Å². The molecular weight excluding hydrogens is 459 g/mol. The number of halogens is 1. The van der Waals surface area contributed by atoms with Gasteiger partial charge < -0.3 is 19.5 Å². The third kappa shape index (κ3) is 5.51. The second-order valence-corrected chi connectivity index (χ2v) is 9.19. The first-order chi connectivity index (χ1) is 16.5. The highest BCUT2D eigenvalue weighted by molar-refractivity contribution is 8.00. The highest BCUT2D eigenvalue weighted by Gasteiger charge is 2.25. The van der Waals surface area contributed by atoms with Crippen molar-refractivity contribution in [1.82, 2.24) is 14.8 Å². The molecule has 0 bridgehead atoms. The zero-order valence-electron chi connectivity index (χ0n) is 19.3. The van der Waals surface area contributed by atoms with Crippen molar-refractivity contribution in [3.63, 3.8) is 0 Å². The van der Waals surface area contributed by atoms with E-state index in [1.807, 2.05) is 11.5 Å². The standard InChI is InChI=1S/C24H27FN4O4S/c1-15(23(30)26-18-10-11-20(31-2)21(13-18)32-3)34-24-28-27-22(16-6-8-17(25)9-7-16)29(24)14-19-5-4-12-33-19/h6-11,13,15,19H,4-5,12,14H2,1-3H3,(H,26,30). The van der Waals surface area contributed by atoms with Crippen LogP contribution in [-0.2, 0) is 16.1 Å². The maximum Gasteiger partial charge on any atom is 0.237 e. The lowest BCUT2D eigenvalue weighted by atomic mass is 10.2. The number of hydrogen-bond donors (Lipinski definition) is 1. The first kappa shape index (κ1) is 24.0. The summed E-state index contributed by atoms with van der Waals surface area (Å²) in [4.78, 5) is 12.9. The molecule has 1 amide bonds. The predicted molar refractivity (Wildman–Crippen MR) is 128 cm³/mol. The van der Waals surface area contributed by atoms with E-state index in [1.54, 1.807) is 44.6 Å². The molecule has 2 aromatic carbocycles. The van der Waals surface area contributed by atoms with Crippen molar-refractivity contribution >= 4 is 23.4 Å². The van der Waals surface area contributed by atoms with Crippen LogP contribution < -0.4 is 14.8 Å². The summed E-state index contributed by atoms with van der Waals surface area (Å²) in [5.41, 5.74) is 1.35. The van der Waals surface area contributed by atoms with Gasteiger partial charge in [-0.1, -0.05) is 11.8 Å². The van der Waals surface area contributed by atoms with Crippen molar-refractivity contribution in [1.29, 1.82) is 0 Å². The molecule has 2 heterocycles. The molecule has 1 N–H and O–H groups in total. The van der Waals surface area contributed by atoms with Gasteiger partial charge in [-0.05, 0) is 56.2 Å². The summed E-state index contributed by atoms with van der Waals surface area (Å²) >= 11 is 1.31. The lowest BCUT2D eigenvalue weighted by Crippen LogP contribution is -2.23. The maximum absolute atomic E-state index is 13.4. The Labute approximate surface area is 201 Å². The minimum Gasteiger partial charge on any atom is -0.493 e. The van der Waals surface area contributed by atoms with Gasteiger partial charge in [0.15, 0.2) is 22.5 Å². The molecule has 1 aliphatic heterocycles. The van der Waals surface area contributed by atoms with Crippen LogP contribution in [-0.4, -0.2) is 52.9 Å². The number of aromatic nitrogens is 3. The number of carbonyl (C=O) groups is 1. The van der Waals surface area contributed by atoms with Crippen molar-refractivity contribution < 1.29 is 23.4 Å². The van der Waals surface area contributed by atoms with Crippen LogP contribution in [0.25, 0.3) is 11.4 Å². The summed E-state index contributed by atoms with van der Waals surface area (Å²) in [6, 6.07) is 11.3. The quantitative estimate of drug-likeness (QED) is 0.449. The molecule has 3 aromatic rings. The Balaban J connectivity index is 1.52. The molecule has 0 aliphatic carbocycles.